The summed E-state index contributed by atoms with van der Waals surface area (Å²) in [6.07, 6.45) is 2.55. The van der Waals surface area contributed by atoms with Gasteiger partial charge in [0.05, 0.1) is 4.91 Å². The van der Waals surface area contributed by atoms with Crippen LogP contribution in [0.1, 0.15) is 23.6 Å². The van der Waals surface area contributed by atoms with Crippen molar-refractivity contribution >= 4 is 40.3 Å². The van der Waals surface area contributed by atoms with Gasteiger partial charge in [0, 0.05) is 0 Å². The molecule has 0 bridgehead atoms. The molecule has 2 rings (SSSR count). The second-order valence-corrected chi connectivity index (χ2v) is 5.77. The fourth-order valence-electron chi connectivity index (χ4n) is 1.81. The number of amides is 1. The summed E-state index contributed by atoms with van der Waals surface area (Å²) in [7, 11) is 0. The van der Waals surface area contributed by atoms with Crippen LogP contribution in [0.25, 0.3) is 6.08 Å². The third-order valence-corrected chi connectivity index (χ3v) is 3.89. The number of hydrogen-bond acceptors (Lipinski definition) is 4. The Morgan fingerprint density at radius 2 is 2.22 bits per heavy atom. The fraction of sp³-hybridized carbons (Fsp3) is 0.231. The number of phenols is 1. The first-order chi connectivity index (χ1) is 8.51. The summed E-state index contributed by atoms with van der Waals surface area (Å²) >= 11 is 6.20. The van der Waals surface area contributed by atoms with E-state index in [2.05, 4.69) is 5.32 Å². The molecule has 94 valence electrons. The average Bonchev–Trinajstić information content (AvgIpc) is 2.62. The van der Waals surface area contributed by atoms with Crippen LogP contribution in [0.2, 0.25) is 0 Å². The van der Waals surface area contributed by atoms with Crippen LogP contribution in [-0.2, 0) is 11.2 Å². The lowest BCUT2D eigenvalue weighted by Gasteiger charge is -2.07. The van der Waals surface area contributed by atoms with Gasteiger partial charge in [-0.2, -0.15) is 0 Å². The zero-order valence-electron chi connectivity index (χ0n) is 10.1. The van der Waals surface area contributed by atoms with Crippen LogP contribution < -0.4 is 5.32 Å². The predicted octanol–water partition coefficient (Wildman–Crippen LogP) is 2.75. The van der Waals surface area contributed by atoms with Gasteiger partial charge in [-0.15, -0.1) is 0 Å². The zero-order chi connectivity index (χ0) is 13.3. The van der Waals surface area contributed by atoms with Crippen molar-refractivity contribution in [3.05, 3.63) is 33.7 Å². The Bertz CT molecular complexity index is 564. The van der Waals surface area contributed by atoms with Gasteiger partial charge in [0.1, 0.15) is 10.1 Å². The Morgan fingerprint density at radius 3 is 2.78 bits per heavy atom. The van der Waals surface area contributed by atoms with Crippen molar-refractivity contribution in [2.24, 2.45) is 0 Å². The topological polar surface area (TPSA) is 49.3 Å². The second-order valence-electron chi connectivity index (χ2n) is 4.05. The first-order valence-electron chi connectivity index (χ1n) is 5.58. The van der Waals surface area contributed by atoms with Crippen LogP contribution in [-0.4, -0.2) is 15.3 Å². The van der Waals surface area contributed by atoms with E-state index in [1.54, 1.807) is 6.08 Å². The maximum Gasteiger partial charge on any atom is 0.263 e. The lowest BCUT2D eigenvalue weighted by molar-refractivity contribution is -0.115. The van der Waals surface area contributed by atoms with Gasteiger partial charge in [-0.3, -0.25) is 4.79 Å². The number of carbonyl (C=O) groups excluding carboxylic acids is 1. The molecule has 1 saturated heterocycles. The van der Waals surface area contributed by atoms with Gasteiger partial charge in [0.15, 0.2) is 0 Å². The van der Waals surface area contributed by atoms with Crippen molar-refractivity contribution < 1.29 is 9.90 Å². The van der Waals surface area contributed by atoms with Crippen LogP contribution >= 0.6 is 24.0 Å². The normalized spacial score (nSPS) is 17.3. The summed E-state index contributed by atoms with van der Waals surface area (Å²) in [4.78, 5) is 12.1. The number of carbonyl (C=O) groups is 1. The van der Waals surface area contributed by atoms with E-state index in [-0.39, 0.29) is 5.91 Å². The highest BCUT2D eigenvalue weighted by Gasteiger charge is 2.22. The molecule has 0 saturated carbocycles. The number of rotatable bonds is 2. The van der Waals surface area contributed by atoms with Gasteiger partial charge in [0.25, 0.3) is 5.91 Å². The first kappa shape index (κ1) is 13.1. The van der Waals surface area contributed by atoms with E-state index in [0.29, 0.717) is 15.0 Å². The molecular weight excluding hydrogens is 266 g/mol. The molecule has 1 aliphatic heterocycles. The van der Waals surface area contributed by atoms with Gasteiger partial charge in [-0.1, -0.05) is 30.9 Å². The zero-order valence-corrected chi connectivity index (χ0v) is 11.7. The molecule has 1 amide bonds. The molecule has 1 aromatic carbocycles. The van der Waals surface area contributed by atoms with Gasteiger partial charge in [-0.05, 0) is 48.2 Å². The van der Waals surface area contributed by atoms with E-state index in [4.69, 9.17) is 12.2 Å². The van der Waals surface area contributed by atoms with E-state index < -0.39 is 0 Å². The van der Waals surface area contributed by atoms with Crippen LogP contribution in [0.5, 0.6) is 5.75 Å². The Labute approximate surface area is 115 Å². The Kier molecular flexibility index (Phi) is 3.73. The smallest absolute Gasteiger partial charge is 0.263 e. The largest absolute Gasteiger partial charge is 0.507 e. The highest BCUT2D eigenvalue weighted by molar-refractivity contribution is 8.26. The number of phenolic OH excluding ortho intramolecular Hbond substituents is 1. The van der Waals surface area contributed by atoms with E-state index in [9.17, 15) is 9.90 Å². The minimum absolute atomic E-state index is 0.159. The molecule has 0 atom stereocenters. The predicted molar refractivity (Wildman–Crippen MR) is 78.5 cm³/mol. The second kappa shape index (κ2) is 5.12. The van der Waals surface area contributed by atoms with Crippen molar-refractivity contribution in [3.8, 4) is 5.75 Å². The number of benzene rings is 1. The summed E-state index contributed by atoms with van der Waals surface area (Å²) in [6.45, 7) is 3.83. The standard InChI is InChI=1S/C13H13NO2S2/c1-3-9-5-8(4-7(2)11(9)15)6-10-12(16)14-13(17)18-10/h4-6,15H,3H2,1-2H3,(H,14,16,17)/b10-6-. The van der Waals surface area contributed by atoms with Gasteiger partial charge in [-0.25, -0.2) is 0 Å². The minimum Gasteiger partial charge on any atom is -0.507 e. The Morgan fingerprint density at radius 1 is 1.50 bits per heavy atom. The monoisotopic (exact) mass is 279 g/mol. The molecule has 0 spiro atoms. The van der Waals surface area contributed by atoms with Crippen LogP contribution in [0.4, 0.5) is 0 Å². The molecule has 1 aliphatic rings. The van der Waals surface area contributed by atoms with E-state index >= 15 is 0 Å². The number of thioether (sulfide) groups is 1. The molecule has 0 aromatic heterocycles. The molecule has 18 heavy (non-hydrogen) atoms. The third-order valence-electron chi connectivity index (χ3n) is 2.72. The van der Waals surface area contributed by atoms with E-state index in [0.717, 1.165) is 23.1 Å². The van der Waals surface area contributed by atoms with E-state index in [1.807, 2.05) is 26.0 Å². The van der Waals surface area contributed by atoms with Crippen LogP contribution in [0.3, 0.4) is 0 Å². The van der Waals surface area contributed by atoms with Crippen LogP contribution in [0.15, 0.2) is 17.0 Å². The number of aromatic hydroxyl groups is 1. The number of nitrogens with one attached hydrogen (secondary N) is 1. The first-order valence-corrected chi connectivity index (χ1v) is 6.81. The Balaban J connectivity index is 2.41. The van der Waals surface area contributed by atoms with Gasteiger partial charge in [0.2, 0.25) is 0 Å². The molecule has 1 heterocycles. The van der Waals surface area contributed by atoms with Gasteiger partial charge < -0.3 is 10.4 Å². The van der Waals surface area contributed by atoms with E-state index in [1.165, 1.54) is 11.8 Å². The maximum atomic E-state index is 11.6. The fourth-order valence-corrected chi connectivity index (χ4v) is 2.85. The van der Waals surface area contributed by atoms with Crippen molar-refractivity contribution in [3.63, 3.8) is 0 Å². The average molecular weight is 279 g/mol. The van der Waals surface area contributed by atoms with Crippen LogP contribution in [0, 0.1) is 6.92 Å². The molecule has 3 nitrogen and oxygen atoms in total. The molecule has 1 fully saturated rings. The molecule has 0 unspecified atom stereocenters. The minimum atomic E-state index is -0.159. The molecule has 1 aromatic rings. The summed E-state index contributed by atoms with van der Waals surface area (Å²) in [5.41, 5.74) is 2.60. The molecule has 2 N–H and O–H groups in total. The lowest BCUT2D eigenvalue weighted by atomic mass is 10.0. The lowest BCUT2D eigenvalue weighted by Crippen LogP contribution is -2.17. The Hall–Kier alpha value is -1.33. The summed E-state index contributed by atoms with van der Waals surface area (Å²) in [5.74, 6) is 0.174. The maximum absolute atomic E-state index is 11.6. The summed E-state index contributed by atoms with van der Waals surface area (Å²) in [5, 5.41) is 12.4. The quantitative estimate of drug-likeness (QED) is 0.645. The number of thiocarbonyl (C=S) groups is 1. The van der Waals surface area contributed by atoms with Crippen molar-refractivity contribution in [2.75, 3.05) is 0 Å². The molecule has 0 radical (unpaired) electrons. The highest BCUT2D eigenvalue weighted by atomic mass is 32.2. The van der Waals surface area contributed by atoms with Crippen molar-refractivity contribution in [1.29, 1.82) is 0 Å². The summed E-state index contributed by atoms with van der Waals surface area (Å²) in [6, 6.07) is 3.75. The van der Waals surface area contributed by atoms with Gasteiger partial charge >= 0.3 is 0 Å². The highest BCUT2D eigenvalue weighted by Crippen LogP contribution is 2.29. The molecular formula is C13H13NO2S2. The number of aryl methyl sites for hydroxylation is 2. The third kappa shape index (κ3) is 2.57. The number of hydrogen-bond donors (Lipinski definition) is 2. The molecule has 0 aliphatic carbocycles. The summed E-state index contributed by atoms with van der Waals surface area (Å²) < 4.78 is 0.484. The van der Waals surface area contributed by atoms with Crippen molar-refractivity contribution in [1.82, 2.24) is 5.32 Å². The van der Waals surface area contributed by atoms with Crippen molar-refractivity contribution in [2.45, 2.75) is 20.3 Å². The SMILES string of the molecule is CCc1cc(/C=C2\SC(=S)NC2=O)cc(C)c1O. The molecule has 5 heteroatoms.